The summed E-state index contributed by atoms with van der Waals surface area (Å²) in [6.45, 7) is 5.44. The molecule has 2 aromatic rings. The molecule has 4 rings (SSSR count). The average Bonchev–Trinajstić information content (AvgIpc) is 3.21. The van der Waals surface area contributed by atoms with Gasteiger partial charge in [-0.25, -0.2) is 4.98 Å². The Kier molecular flexibility index (Phi) is 4.27. The number of fused-ring (bicyclic) bond motifs is 1. The monoisotopic (exact) mass is 342 g/mol. The molecule has 0 saturated carbocycles. The molecule has 2 atom stereocenters. The molecule has 7 nitrogen and oxygen atoms in total. The Bertz CT molecular complexity index is 758. The van der Waals surface area contributed by atoms with Gasteiger partial charge in [0.15, 0.2) is 0 Å². The van der Waals surface area contributed by atoms with Gasteiger partial charge in [0.1, 0.15) is 6.26 Å². The van der Waals surface area contributed by atoms with E-state index < -0.39 is 4.92 Å². The van der Waals surface area contributed by atoms with E-state index >= 15 is 0 Å². The van der Waals surface area contributed by atoms with Gasteiger partial charge in [-0.3, -0.25) is 15.0 Å². The molecule has 0 unspecified atom stereocenters. The van der Waals surface area contributed by atoms with Crippen molar-refractivity contribution in [3.63, 3.8) is 0 Å². The van der Waals surface area contributed by atoms with E-state index in [0.29, 0.717) is 5.89 Å². The first kappa shape index (κ1) is 16.2. The van der Waals surface area contributed by atoms with Crippen molar-refractivity contribution in [1.82, 2.24) is 14.8 Å². The first-order valence-corrected chi connectivity index (χ1v) is 8.68. The first-order chi connectivity index (χ1) is 12.1. The minimum Gasteiger partial charge on any atom is -0.444 e. The standard InChI is InChI=1S/C18H22N4O3/c1-20-7-6-14-9-21(10-15(14)8-20)11-16-12-25-18(19-16)13-2-4-17(5-3-13)22(23)24/h2-5,12,14-15H,6-11H2,1H3/t14-,15+/m1/s1. The van der Waals surface area contributed by atoms with Crippen LogP contribution in [0, 0.1) is 22.0 Å². The molecule has 3 heterocycles. The van der Waals surface area contributed by atoms with Crippen molar-refractivity contribution < 1.29 is 9.34 Å². The molecule has 0 spiro atoms. The lowest BCUT2D eigenvalue weighted by molar-refractivity contribution is -0.384. The molecule has 0 amide bonds. The number of piperidine rings is 1. The Balaban J connectivity index is 1.41. The van der Waals surface area contributed by atoms with E-state index in [0.717, 1.165) is 42.7 Å². The van der Waals surface area contributed by atoms with E-state index in [2.05, 4.69) is 21.8 Å². The predicted octanol–water partition coefficient (Wildman–Crippen LogP) is 2.63. The van der Waals surface area contributed by atoms with Gasteiger partial charge in [0.25, 0.3) is 5.69 Å². The zero-order chi connectivity index (χ0) is 17.4. The largest absolute Gasteiger partial charge is 0.444 e. The number of rotatable bonds is 4. The highest BCUT2D eigenvalue weighted by atomic mass is 16.6. The minimum absolute atomic E-state index is 0.0696. The van der Waals surface area contributed by atoms with Crippen molar-refractivity contribution in [2.24, 2.45) is 11.8 Å². The van der Waals surface area contributed by atoms with Crippen molar-refractivity contribution in [1.29, 1.82) is 0 Å². The highest BCUT2D eigenvalue weighted by Crippen LogP contribution is 2.31. The third-order valence-electron chi connectivity index (χ3n) is 5.34. The number of nitrogens with zero attached hydrogens (tertiary/aromatic N) is 4. The van der Waals surface area contributed by atoms with E-state index in [1.807, 2.05) is 0 Å². The summed E-state index contributed by atoms with van der Waals surface area (Å²) in [5.74, 6) is 2.08. The third kappa shape index (κ3) is 3.43. The molecule has 7 heteroatoms. The predicted molar refractivity (Wildman–Crippen MR) is 93.0 cm³/mol. The molecule has 25 heavy (non-hydrogen) atoms. The highest BCUT2D eigenvalue weighted by Gasteiger charge is 2.36. The Morgan fingerprint density at radius 1 is 1.24 bits per heavy atom. The number of nitro benzene ring substituents is 1. The van der Waals surface area contributed by atoms with E-state index in [9.17, 15) is 10.1 Å². The maximum absolute atomic E-state index is 10.7. The van der Waals surface area contributed by atoms with Crippen LogP contribution in [0.3, 0.4) is 0 Å². The number of likely N-dealkylation sites (tertiary alicyclic amines) is 2. The van der Waals surface area contributed by atoms with Crippen LogP contribution in [0.15, 0.2) is 34.9 Å². The SMILES string of the molecule is CN1CC[C@@H]2CN(Cc3coc(-c4ccc([N+](=O)[O-])cc4)n3)C[C@@H]2C1. The fraction of sp³-hybridized carbons (Fsp3) is 0.500. The number of benzene rings is 1. The lowest BCUT2D eigenvalue weighted by Crippen LogP contribution is -2.37. The topological polar surface area (TPSA) is 75.7 Å². The molecule has 1 aromatic heterocycles. The van der Waals surface area contributed by atoms with E-state index in [1.165, 1.54) is 31.6 Å². The highest BCUT2D eigenvalue weighted by molar-refractivity contribution is 5.55. The Labute approximate surface area is 146 Å². The summed E-state index contributed by atoms with van der Waals surface area (Å²) < 4.78 is 5.58. The van der Waals surface area contributed by atoms with Crippen LogP contribution in [0.1, 0.15) is 12.1 Å². The van der Waals surface area contributed by atoms with Crippen molar-refractivity contribution in [2.45, 2.75) is 13.0 Å². The van der Waals surface area contributed by atoms with Crippen LogP contribution in [0.2, 0.25) is 0 Å². The molecule has 0 aliphatic carbocycles. The van der Waals surface area contributed by atoms with E-state index in [1.54, 1.807) is 18.4 Å². The summed E-state index contributed by atoms with van der Waals surface area (Å²) in [5, 5.41) is 10.7. The summed E-state index contributed by atoms with van der Waals surface area (Å²) >= 11 is 0. The van der Waals surface area contributed by atoms with Crippen LogP contribution in [-0.4, -0.2) is 52.9 Å². The Hall–Kier alpha value is -2.25. The molecular weight excluding hydrogens is 320 g/mol. The summed E-state index contributed by atoms with van der Waals surface area (Å²) in [4.78, 5) is 19.8. The first-order valence-electron chi connectivity index (χ1n) is 8.68. The molecule has 0 radical (unpaired) electrons. The van der Waals surface area contributed by atoms with Crippen LogP contribution in [-0.2, 0) is 6.54 Å². The second-order valence-electron chi connectivity index (χ2n) is 7.21. The normalized spacial score (nSPS) is 24.4. The second-order valence-corrected chi connectivity index (χ2v) is 7.21. The van der Waals surface area contributed by atoms with Gasteiger partial charge in [-0.15, -0.1) is 0 Å². The third-order valence-corrected chi connectivity index (χ3v) is 5.34. The fourth-order valence-electron chi connectivity index (χ4n) is 4.04. The fourth-order valence-corrected chi connectivity index (χ4v) is 4.04. The molecule has 2 fully saturated rings. The minimum atomic E-state index is -0.408. The quantitative estimate of drug-likeness (QED) is 0.628. The number of hydrogen-bond donors (Lipinski definition) is 0. The Morgan fingerprint density at radius 2 is 2.00 bits per heavy atom. The summed E-state index contributed by atoms with van der Waals surface area (Å²) in [5.41, 5.74) is 1.74. The number of oxazole rings is 1. The van der Waals surface area contributed by atoms with Gasteiger partial charge in [-0.1, -0.05) is 0 Å². The van der Waals surface area contributed by atoms with Gasteiger partial charge >= 0.3 is 0 Å². The summed E-state index contributed by atoms with van der Waals surface area (Å²) in [6, 6.07) is 6.30. The second kappa shape index (κ2) is 6.57. The van der Waals surface area contributed by atoms with Crippen molar-refractivity contribution in [3.05, 3.63) is 46.3 Å². The molecule has 0 bridgehead atoms. The van der Waals surface area contributed by atoms with Crippen molar-refractivity contribution >= 4 is 5.69 Å². The zero-order valence-corrected chi connectivity index (χ0v) is 14.3. The maximum Gasteiger partial charge on any atom is 0.269 e. The van der Waals surface area contributed by atoms with Gasteiger partial charge in [-0.2, -0.15) is 0 Å². The van der Waals surface area contributed by atoms with Gasteiger partial charge in [0, 0.05) is 43.9 Å². The summed E-state index contributed by atoms with van der Waals surface area (Å²) in [7, 11) is 2.20. The van der Waals surface area contributed by atoms with Gasteiger partial charge in [-0.05, 0) is 44.0 Å². The van der Waals surface area contributed by atoms with Gasteiger partial charge in [0.2, 0.25) is 5.89 Å². The molecule has 0 N–H and O–H groups in total. The molecule has 2 aliphatic rings. The van der Waals surface area contributed by atoms with Crippen LogP contribution in [0.4, 0.5) is 5.69 Å². The smallest absolute Gasteiger partial charge is 0.269 e. The number of hydrogen-bond acceptors (Lipinski definition) is 6. The molecule has 2 saturated heterocycles. The molecular formula is C18H22N4O3. The van der Waals surface area contributed by atoms with E-state index in [4.69, 9.17) is 4.42 Å². The van der Waals surface area contributed by atoms with Gasteiger partial charge < -0.3 is 9.32 Å². The maximum atomic E-state index is 10.7. The summed E-state index contributed by atoms with van der Waals surface area (Å²) in [6.07, 6.45) is 2.98. The van der Waals surface area contributed by atoms with Gasteiger partial charge in [0.05, 0.1) is 10.6 Å². The lowest BCUT2D eigenvalue weighted by atomic mass is 9.89. The molecule has 132 valence electrons. The van der Waals surface area contributed by atoms with Crippen LogP contribution in [0.25, 0.3) is 11.5 Å². The number of aromatic nitrogens is 1. The number of nitro groups is 1. The molecule has 2 aliphatic heterocycles. The average molecular weight is 342 g/mol. The van der Waals surface area contributed by atoms with Crippen LogP contribution >= 0.6 is 0 Å². The van der Waals surface area contributed by atoms with Crippen LogP contribution < -0.4 is 0 Å². The van der Waals surface area contributed by atoms with Crippen molar-refractivity contribution in [3.8, 4) is 11.5 Å². The van der Waals surface area contributed by atoms with Crippen LogP contribution in [0.5, 0.6) is 0 Å². The zero-order valence-electron chi connectivity index (χ0n) is 14.3. The Morgan fingerprint density at radius 3 is 2.76 bits per heavy atom. The number of non-ortho nitro benzene ring substituents is 1. The van der Waals surface area contributed by atoms with E-state index in [-0.39, 0.29) is 5.69 Å². The van der Waals surface area contributed by atoms with Crippen molar-refractivity contribution in [2.75, 3.05) is 33.2 Å². The molecule has 1 aromatic carbocycles. The lowest BCUT2D eigenvalue weighted by Gasteiger charge is -2.31.